The van der Waals surface area contributed by atoms with E-state index in [0.717, 1.165) is 51.4 Å². The van der Waals surface area contributed by atoms with E-state index in [-0.39, 0.29) is 16.8 Å². The number of ether oxygens (including phenoxy) is 1. The smallest absolute Gasteiger partial charge is 0.306 e. The first-order valence-corrected chi connectivity index (χ1v) is 10.7. The van der Waals surface area contributed by atoms with Crippen LogP contribution in [-0.4, -0.2) is 31.0 Å². The minimum absolute atomic E-state index is 0.108. The van der Waals surface area contributed by atoms with Crippen molar-refractivity contribution in [2.45, 2.75) is 103 Å². The summed E-state index contributed by atoms with van der Waals surface area (Å²) in [5.74, 6) is 0.212. The molecule has 0 aromatic carbocycles. The molecule has 0 bridgehead atoms. The molecule has 0 N–H and O–H groups in total. The Bertz CT molecular complexity index is 419. The van der Waals surface area contributed by atoms with E-state index in [1.165, 1.54) is 0 Å². The van der Waals surface area contributed by atoms with Crippen molar-refractivity contribution in [2.75, 3.05) is 5.75 Å². The third kappa shape index (κ3) is 13.5. The lowest BCUT2D eigenvalue weighted by Crippen LogP contribution is -2.23. The molecule has 0 heterocycles. The average Bonchev–Trinajstić information content (AvgIpc) is 2.38. The Morgan fingerprint density at radius 2 is 1.30 bits per heavy atom. The molecule has 0 amide bonds. The lowest BCUT2D eigenvalue weighted by molar-refractivity contribution is -0.154. The minimum Gasteiger partial charge on any atom is -0.460 e. The van der Waals surface area contributed by atoms with Crippen molar-refractivity contribution >= 4 is 15.8 Å². The molecule has 138 valence electrons. The number of hydrogen-bond donors (Lipinski definition) is 0. The first kappa shape index (κ1) is 22.4. The maximum atomic E-state index is 11.6. The Kier molecular flexibility index (Phi) is 10.8. The van der Waals surface area contributed by atoms with E-state index < -0.39 is 9.84 Å². The largest absolute Gasteiger partial charge is 0.460 e. The Balaban J connectivity index is 3.43. The average molecular weight is 349 g/mol. The van der Waals surface area contributed by atoms with Gasteiger partial charge in [-0.2, -0.15) is 0 Å². The van der Waals surface area contributed by atoms with Crippen LogP contribution in [0.1, 0.15) is 92.4 Å². The van der Waals surface area contributed by atoms with Crippen LogP contribution in [0.15, 0.2) is 0 Å². The molecule has 0 aromatic rings. The SMILES string of the molecule is CC(C)S(=O)(=O)CCCCCCCCCCC(=O)OC(C)(C)C. The molecule has 0 aliphatic rings. The van der Waals surface area contributed by atoms with Crippen LogP contribution >= 0.6 is 0 Å². The van der Waals surface area contributed by atoms with Crippen LogP contribution in [0.2, 0.25) is 0 Å². The topological polar surface area (TPSA) is 60.4 Å². The zero-order chi connectivity index (χ0) is 17.9. The summed E-state index contributed by atoms with van der Waals surface area (Å²) >= 11 is 0. The van der Waals surface area contributed by atoms with Crippen LogP contribution in [-0.2, 0) is 19.4 Å². The third-order valence-electron chi connectivity index (χ3n) is 3.70. The van der Waals surface area contributed by atoms with Crippen LogP contribution < -0.4 is 0 Å². The number of unbranched alkanes of at least 4 members (excludes halogenated alkanes) is 7. The van der Waals surface area contributed by atoms with Gasteiger partial charge in [-0.05, 0) is 47.5 Å². The summed E-state index contributed by atoms with van der Waals surface area (Å²) in [7, 11) is -2.87. The number of sulfone groups is 1. The lowest BCUT2D eigenvalue weighted by atomic mass is 10.1. The molecule has 0 rings (SSSR count). The van der Waals surface area contributed by atoms with E-state index in [4.69, 9.17) is 4.74 Å². The van der Waals surface area contributed by atoms with Crippen molar-refractivity contribution in [3.63, 3.8) is 0 Å². The van der Waals surface area contributed by atoms with Gasteiger partial charge in [0.15, 0.2) is 9.84 Å². The molecule has 0 atom stereocenters. The number of esters is 1. The van der Waals surface area contributed by atoms with Crippen LogP contribution in [0.5, 0.6) is 0 Å². The highest BCUT2D eigenvalue weighted by molar-refractivity contribution is 7.91. The molecule has 0 saturated heterocycles. The summed E-state index contributed by atoms with van der Waals surface area (Å²) in [6, 6.07) is 0. The summed E-state index contributed by atoms with van der Waals surface area (Å²) in [6.45, 7) is 9.14. The highest BCUT2D eigenvalue weighted by Gasteiger charge is 2.16. The summed E-state index contributed by atoms with van der Waals surface area (Å²) in [5, 5.41) is -0.257. The van der Waals surface area contributed by atoms with Gasteiger partial charge in [0.1, 0.15) is 5.60 Å². The van der Waals surface area contributed by atoms with Crippen molar-refractivity contribution in [3.8, 4) is 0 Å². The minimum atomic E-state index is -2.87. The fourth-order valence-electron chi connectivity index (χ4n) is 2.26. The van der Waals surface area contributed by atoms with Gasteiger partial charge in [-0.15, -0.1) is 0 Å². The van der Waals surface area contributed by atoms with Crippen molar-refractivity contribution in [3.05, 3.63) is 0 Å². The predicted molar refractivity (Wildman–Crippen MR) is 96.3 cm³/mol. The lowest BCUT2D eigenvalue weighted by Gasteiger charge is -2.19. The number of hydrogen-bond acceptors (Lipinski definition) is 4. The zero-order valence-electron chi connectivity index (χ0n) is 15.7. The fourth-order valence-corrected chi connectivity index (χ4v) is 3.34. The van der Waals surface area contributed by atoms with Gasteiger partial charge in [0, 0.05) is 6.42 Å². The Labute approximate surface area is 143 Å². The van der Waals surface area contributed by atoms with E-state index >= 15 is 0 Å². The van der Waals surface area contributed by atoms with Gasteiger partial charge in [-0.3, -0.25) is 4.79 Å². The maximum Gasteiger partial charge on any atom is 0.306 e. The third-order valence-corrected chi connectivity index (χ3v) is 5.99. The van der Waals surface area contributed by atoms with Gasteiger partial charge in [0.05, 0.1) is 11.0 Å². The summed E-state index contributed by atoms with van der Waals surface area (Å²) in [5.41, 5.74) is -0.389. The molecular weight excluding hydrogens is 312 g/mol. The molecule has 0 fully saturated rings. The Hall–Kier alpha value is -0.580. The van der Waals surface area contributed by atoms with E-state index in [1.807, 2.05) is 20.8 Å². The van der Waals surface area contributed by atoms with E-state index in [0.29, 0.717) is 12.2 Å². The second-order valence-corrected chi connectivity index (χ2v) is 10.3. The second kappa shape index (κ2) is 11.1. The molecule has 0 spiro atoms. The predicted octanol–water partition coefficient (Wildman–Crippen LogP) is 4.66. The Morgan fingerprint density at radius 1 is 0.870 bits per heavy atom. The van der Waals surface area contributed by atoms with Crippen molar-refractivity contribution in [1.82, 2.24) is 0 Å². The zero-order valence-corrected chi connectivity index (χ0v) is 16.5. The van der Waals surface area contributed by atoms with Crippen molar-refractivity contribution in [2.24, 2.45) is 0 Å². The molecular formula is C18H36O4S. The highest BCUT2D eigenvalue weighted by Crippen LogP contribution is 2.13. The van der Waals surface area contributed by atoms with Gasteiger partial charge in [0.2, 0.25) is 0 Å². The highest BCUT2D eigenvalue weighted by atomic mass is 32.2. The van der Waals surface area contributed by atoms with Crippen molar-refractivity contribution in [1.29, 1.82) is 0 Å². The van der Waals surface area contributed by atoms with Crippen LogP contribution in [0, 0.1) is 0 Å². The molecule has 4 nitrogen and oxygen atoms in total. The van der Waals surface area contributed by atoms with Crippen molar-refractivity contribution < 1.29 is 17.9 Å². The first-order chi connectivity index (χ1) is 10.5. The molecule has 0 aromatic heterocycles. The van der Waals surface area contributed by atoms with Gasteiger partial charge in [-0.25, -0.2) is 8.42 Å². The summed E-state index contributed by atoms with van der Waals surface area (Å²) < 4.78 is 28.5. The Morgan fingerprint density at radius 3 is 1.74 bits per heavy atom. The molecule has 5 heteroatoms. The summed E-state index contributed by atoms with van der Waals surface area (Å²) in [4.78, 5) is 11.5. The maximum absolute atomic E-state index is 11.6. The standard InChI is InChI=1S/C18H36O4S/c1-16(2)23(20,21)15-13-11-9-7-6-8-10-12-14-17(19)22-18(3,4)5/h16H,6-15H2,1-5H3. The van der Waals surface area contributed by atoms with Crippen LogP contribution in [0.3, 0.4) is 0 Å². The molecule has 0 aliphatic heterocycles. The molecule has 0 radical (unpaired) electrons. The van der Waals surface area contributed by atoms with Gasteiger partial charge in [0.25, 0.3) is 0 Å². The molecule has 0 aliphatic carbocycles. The molecule has 0 unspecified atom stereocenters. The fraction of sp³-hybridized carbons (Fsp3) is 0.944. The second-order valence-electron chi connectivity index (χ2n) is 7.58. The molecule has 0 saturated carbocycles. The quantitative estimate of drug-likeness (QED) is 0.380. The summed E-state index contributed by atoms with van der Waals surface area (Å²) in [6.07, 6.45) is 8.75. The first-order valence-electron chi connectivity index (χ1n) is 8.98. The van der Waals surface area contributed by atoms with E-state index in [1.54, 1.807) is 13.8 Å². The van der Waals surface area contributed by atoms with Crippen LogP contribution in [0.25, 0.3) is 0 Å². The van der Waals surface area contributed by atoms with Gasteiger partial charge in [-0.1, -0.05) is 38.5 Å². The monoisotopic (exact) mass is 348 g/mol. The number of carbonyl (C=O) groups excluding carboxylic acids is 1. The molecule has 23 heavy (non-hydrogen) atoms. The van der Waals surface area contributed by atoms with Crippen LogP contribution in [0.4, 0.5) is 0 Å². The normalized spacial score (nSPS) is 12.6. The van der Waals surface area contributed by atoms with Gasteiger partial charge >= 0.3 is 5.97 Å². The number of carbonyl (C=O) groups is 1. The van der Waals surface area contributed by atoms with E-state index in [9.17, 15) is 13.2 Å². The van der Waals surface area contributed by atoms with E-state index in [2.05, 4.69) is 0 Å². The number of rotatable bonds is 12. The van der Waals surface area contributed by atoms with Gasteiger partial charge < -0.3 is 4.74 Å².